The minimum absolute atomic E-state index is 0.0506. The Labute approximate surface area is 123 Å². The van der Waals surface area contributed by atoms with Crippen molar-refractivity contribution in [2.24, 2.45) is 5.92 Å². The maximum absolute atomic E-state index is 11.6. The number of esters is 1. The quantitative estimate of drug-likeness (QED) is 0.483. The summed E-state index contributed by atoms with van der Waals surface area (Å²) < 4.78 is 10.5. The topological polar surface area (TPSA) is 78.7 Å². The second-order valence-corrected chi connectivity index (χ2v) is 5.35. The lowest BCUT2D eigenvalue weighted by Crippen LogP contribution is -2.28. The summed E-state index contributed by atoms with van der Waals surface area (Å²) in [5.74, 6) is -0.0479. The molecule has 1 aromatic rings. The third-order valence-electron chi connectivity index (χ3n) is 3.89. The highest BCUT2D eigenvalue weighted by molar-refractivity contribution is 5.90. The molecule has 0 N–H and O–H groups in total. The van der Waals surface area contributed by atoms with Crippen molar-refractivity contribution in [3.63, 3.8) is 0 Å². The molecule has 21 heavy (non-hydrogen) atoms. The molecule has 6 nitrogen and oxygen atoms in total. The van der Waals surface area contributed by atoms with Crippen molar-refractivity contribution in [2.75, 3.05) is 7.11 Å². The minimum Gasteiger partial charge on any atom is -0.483 e. The minimum atomic E-state index is -0.536. The van der Waals surface area contributed by atoms with Crippen LogP contribution in [-0.2, 0) is 4.74 Å². The Morgan fingerprint density at radius 2 is 2.05 bits per heavy atom. The number of carbonyl (C=O) groups excluding carboxylic acids is 1. The first kappa shape index (κ1) is 15.3. The normalized spacial score (nSPS) is 21.6. The molecule has 2 unspecified atom stereocenters. The molecule has 1 saturated carbocycles. The van der Waals surface area contributed by atoms with Crippen LogP contribution in [0.5, 0.6) is 5.75 Å². The first-order valence-electron chi connectivity index (χ1n) is 7.06. The van der Waals surface area contributed by atoms with Gasteiger partial charge >= 0.3 is 11.7 Å². The van der Waals surface area contributed by atoms with E-state index in [0.29, 0.717) is 5.92 Å². The summed E-state index contributed by atoms with van der Waals surface area (Å²) in [4.78, 5) is 22.2. The molecule has 0 aliphatic heterocycles. The van der Waals surface area contributed by atoms with Crippen LogP contribution in [0.2, 0.25) is 0 Å². The van der Waals surface area contributed by atoms with Gasteiger partial charge in [-0.2, -0.15) is 0 Å². The van der Waals surface area contributed by atoms with Gasteiger partial charge in [0.05, 0.1) is 17.6 Å². The molecule has 114 valence electrons. The van der Waals surface area contributed by atoms with Crippen LogP contribution < -0.4 is 4.74 Å². The zero-order valence-corrected chi connectivity index (χ0v) is 12.2. The number of methoxy groups -OCH3 is 1. The van der Waals surface area contributed by atoms with Crippen molar-refractivity contribution in [1.29, 1.82) is 0 Å². The summed E-state index contributed by atoms with van der Waals surface area (Å²) in [6, 6.07) is 4.06. The molecule has 2 atom stereocenters. The molecule has 1 aromatic carbocycles. The Morgan fingerprint density at radius 1 is 1.33 bits per heavy atom. The smallest absolute Gasteiger partial charge is 0.337 e. The number of nitrogens with zero attached hydrogens (tertiary/aromatic N) is 1. The highest BCUT2D eigenvalue weighted by Crippen LogP contribution is 2.33. The average molecular weight is 293 g/mol. The Kier molecular flexibility index (Phi) is 4.77. The third-order valence-corrected chi connectivity index (χ3v) is 3.89. The molecular weight excluding hydrogens is 274 g/mol. The van der Waals surface area contributed by atoms with Crippen LogP contribution in [0.3, 0.4) is 0 Å². The molecule has 6 heteroatoms. The molecule has 0 amide bonds. The van der Waals surface area contributed by atoms with E-state index < -0.39 is 10.9 Å². The third kappa shape index (κ3) is 3.51. The van der Waals surface area contributed by atoms with Crippen LogP contribution in [-0.4, -0.2) is 24.1 Å². The van der Waals surface area contributed by atoms with E-state index in [-0.39, 0.29) is 23.1 Å². The first-order chi connectivity index (χ1) is 10.0. The summed E-state index contributed by atoms with van der Waals surface area (Å²) in [5, 5.41) is 11.1. The fraction of sp³-hybridized carbons (Fsp3) is 0.533. The van der Waals surface area contributed by atoms with E-state index in [2.05, 4.69) is 11.7 Å². The molecule has 0 saturated heterocycles. The predicted molar refractivity (Wildman–Crippen MR) is 76.5 cm³/mol. The van der Waals surface area contributed by atoms with E-state index >= 15 is 0 Å². The van der Waals surface area contributed by atoms with Crippen molar-refractivity contribution in [1.82, 2.24) is 0 Å². The van der Waals surface area contributed by atoms with Gasteiger partial charge in [-0.25, -0.2) is 4.79 Å². The van der Waals surface area contributed by atoms with Crippen molar-refractivity contribution in [2.45, 2.75) is 38.7 Å². The number of benzene rings is 1. The zero-order chi connectivity index (χ0) is 15.4. The molecule has 1 fully saturated rings. The molecule has 0 bridgehead atoms. The van der Waals surface area contributed by atoms with Gasteiger partial charge in [0.2, 0.25) is 0 Å². The fourth-order valence-electron chi connectivity index (χ4n) is 2.62. The summed E-state index contributed by atoms with van der Waals surface area (Å²) in [6.07, 6.45) is 4.09. The molecule has 0 radical (unpaired) electrons. The molecule has 2 rings (SSSR count). The van der Waals surface area contributed by atoms with E-state index in [1.165, 1.54) is 25.3 Å². The van der Waals surface area contributed by atoms with Crippen LogP contribution in [0.4, 0.5) is 5.69 Å². The Morgan fingerprint density at radius 3 is 2.67 bits per heavy atom. The highest BCUT2D eigenvalue weighted by Gasteiger charge is 2.27. The largest absolute Gasteiger partial charge is 0.483 e. The van der Waals surface area contributed by atoms with Crippen LogP contribution in [0.25, 0.3) is 0 Å². The van der Waals surface area contributed by atoms with Crippen molar-refractivity contribution in [3.05, 3.63) is 33.9 Å². The van der Waals surface area contributed by atoms with Gasteiger partial charge in [0.15, 0.2) is 5.75 Å². The van der Waals surface area contributed by atoms with Gasteiger partial charge in [-0.3, -0.25) is 10.1 Å². The van der Waals surface area contributed by atoms with E-state index in [0.717, 1.165) is 25.7 Å². The van der Waals surface area contributed by atoms with Gasteiger partial charge in [0.25, 0.3) is 0 Å². The maximum Gasteiger partial charge on any atom is 0.337 e. The summed E-state index contributed by atoms with van der Waals surface area (Å²) >= 11 is 0. The molecule has 1 aliphatic rings. The lowest BCUT2D eigenvalue weighted by atomic mass is 9.88. The monoisotopic (exact) mass is 293 g/mol. The van der Waals surface area contributed by atoms with Crippen LogP contribution in [0.15, 0.2) is 18.2 Å². The molecular formula is C15H19NO5. The van der Waals surface area contributed by atoms with E-state index in [1.54, 1.807) is 0 Å². The molecule has 0 aromatic heterocycles. The molecule has 0 spiro atoms. The van der Waals surface area contributed by atoms with Crippen LogP contribution in [0.1, 0.15) is 43.0 Å². The summed E-state index contributed by atoms with van der Waals surface area (Å²) in [5.41, 5.74) is 0.127. The van der Waals surface area contributed by atoms with E-state index in [9.17, 15) is 14.9 Å². The summed E-state index contributed by atoms with van der Waals surface area (Å²) in [7, 11) is 1.27. The van der Waals surface area contributed by atoms with Crippen molar-refractivity contribution >= 4 is 11.7 Å². The number of rotatable bonds is 4. The second-order valence-electron chi connectivity index (χ2n) is 5.35. The number of nitro benzene ring substituents is 1. The Bertz CT molecular complexity index is 543. The fourth-order valence-corrected chi connectivity index (χ4v) is 2.62. The average Bonchev–Trinajstić information content (AvgIpc) is 2.48. The second kappa shape index (κ2) is 6.56. The van der Waals surface area contributed by atoms with Crippen LogP contribution >= 0.6 is 0 Å². The first-order valence-corrected chi connectivity index (χ1v) is 7.06. The lowest BCUT2D eigenvalue weighted by molar-refractivity contribution is -0.386. The van der Waals surface area contributed by atoms with Crippen LogP contribution in [0, 0.1) is 16.0 Å². The summed E-state index contributed by atoms with van der Waals surface area (Å²) in [6.45, 7) is 2.08. The van der Waals surface area contributed by atoms with E-state index in [1.807, 2.05) is 0 Å². The number of carbonyl (C=O) groups is 1. The standard InChI is InChI=1S/C15H19NO5/c1-10-5-3-4-6-13(10)21-14-9-11(15(17)20-2)7-8-12(14)16(18)19/h7-10,13H,3-6H2,1-2H3. The molecule has 1 aliphatic carbocycles. The van der Waals surface area contributed by atoms with Gasteiger partial charge in [-0.15, -0.1) is 0 Å². The number of ether oxygens (including phenoxy) is 2. The Balaban J connectivity index is 2.29. The van der Waals surface area contributed by atoms with Crippen molar-refractivity contribution in [3.8, 4) is 5.75 Å². The zero-order valence-electron chi connectivity index (χ0n) is 12.2. The van der Waals surface area contributed by atoms with E-state index in [4.69, 9.17) is 4.74 Å². The van der Waals surface area contributed by atoms with Gasteiger partial charge < -0.3 is 9.47 Å². The Hall–Kier alpha value is -2.11. The highest BCUT2D eigenvalue weighted by atomic mass is 16.6. The van der Waals surface area contributed by atoms with Gasteiger partial charge in [-0.05, 0) is 31.2 Å². The lowest BCUT2D eigenvalue weighted by Gasteiger charge is -2.29. The molecule has 0 heterocycles. The SMILES string of the molecule is COC(=O)c1ccc([N+](=O)[O-])c(OC2CCCCC2C)c1. The maximum atomic E-state index is 11.6. The predicted octanol–water partition coefficient (Wildman–Crippen LogP) is 3.34. The number of hydrogen-bond donors (Lipinski definition) is 0. The van der Waals surface area contributed by atoms with Gasteiger partial charge in [0.1, 0.15) is 6.10 Å². The van der Waals surface area contributed by atoms with Crippen molar-refractivity contribution < 1.29 is 19.2 Å². The van der Waals surface area contributed by atoms with Gasteiger partial charge in [-0.1, -0.05) is 13.3 Å². The van der Waals surface area contributed by atoms with Gasteiger partial charge in [0, 0.05) is 12.1 Å². The number of nitro groups is 1. The number of hydrogen-bond acceptors (Lipinski definition) is 5.